The normalized spacial score (nSPS) is 17.1. The summed E-state index contributed by atoms with van der Waals surface area (Å²) in [6.07, 6.45) is -2.56. The van der Waals surface area contributed by atoms with Crippen molar-refractivity contribution in [2.24, 2.45) is 0 Å². The van der Waals surface area contributed by atoms with Crippen LogP contribution < -0.4 is 4.74 Å². The fraction of sp³-hybridized carbons (Fsp3) is 0.136. The molecule has 0 radical (unpaired) electrons. The molecule has 2 atom stereocenters. The Bertz CT molecular complexity index is 1240. The molecule has 0 saturated carbocycles. The summed E-state index contributed by atoms with van der Waals surface area (Å²) in [5.74, 6) is -5.85. The molecular weight excluding hydrogens is 440 g/mol. The van der Waals surface area contributed by atoms with Crippen molar-refractivity contribution in [1.82, 2.24) is 0 Å². The Labute approximate surface area is 185 Å². The quantitative estimate of drug-likeness (QED) is 0.163. The Balaban J connectivity index is 1.76. The van der Waals surface area contributed by atoms with E-state index in [-0.39, 0.29) is 34.8 Å². The van der Waals surface area contributed by atoms with E-state index in [1.165, 1.54) is 6.07 Å². The van der Waals surface area contributed by atoms with Crippen molar-refractivity contribution >= 4 is 5.97 Å². The predicted octanol–water partition coefficient (Wildman–Crippen LogP) is 2.23. The molecule has 1 aliphatic heterocycles. The van der Waals surface area contributed by atoms with Gasteiger partial charge in [0, 0.05) is 41.8 Å². The fourth-order valence-corrected chi connectivity index (χ4v) is 3.55. The second kappa shape index (κ2) is 7.79. The van der Waals surface area contributed by atoms with Crippen molar-refractivity contribution in [3.8, 4) is 51.7 Å². The van der Waals surface area contributed by atoms with Crippen LogP contribution in [0.1, 0.15) is 27.6 Å². The average molecular weight is 458 g/mol. The minimum Gasteiger partial charge on any atom is -0.508 e. The van der Waals surface area contributed by atoms with Gasteiger partial charge in [-0.15, -0.1) is 0 Å². The van der Waals surface area contributed by atoms with Crippen LogP contribution in [0.4, 0.5) is 0 Å². The highest BCUT2D eigenvalue weighted by molar-refractivity contribution is 5.93. The Morgan fingerprint density at radius 3 is 2.06 bits per heavy atom. The van der Waals surface area contributed by atoms with Gasteiger partial charge in [0.2, 0.25) is 0 Å². The first kappa shape index (κ1) is 21.6. The summed E-state index contributed by atoms with van der Waals surface area (Å²) >= 11 is 0. The van der Waals surface area contributed by atoms with Crippen LogP contribution >= 0.6 is 0 Å². The summed E-state index contributed by atoms with van der Waals surface area (Å²) in [5.41, 5.74) is -0.208. The maximum atomic E-state index is 12.7. The Hall–Kier alpha value is -4.67. The number of ether oxygens (including phenoxy) is 2. The van der Waals surface area contributed by atoms with Gasteiger partial charge in [-0.25, -0.2) is 4.79 Å². The molecule has 0 saturated heterocycles. The van der Waals surface area contributed by atoms with Crippen LogP contribution in [0.15, 0.2) is 36.4 Å². The van der Waals surface area contributed by atoms with E-state index in [4.69, 9.17) is 9.47 Å². The van der Waals surface area contributed by atoms with Crippen molar-refractivity contribution in [3.05, 3.63) is 53.1 Å². The van der Waals surface area contributed by atoms with Gasteiger partial charge in [0.05, 0.1) is 0 Å². The number of aromatic hydroxyl groups is 8. The molecular formula is C22H18O11. The van der Waals surface area contributed by atoms with Crippen molar-refractivity contribution < 1.29 is 55.1 Å². The number of carbonyl (C=O) groups is 1. The zero-order chi connectivity index (χ0) is 24.0. The predicted molar refractivity (Wildman–Crippen MR) is 109 cm³/mol. The summed E-state index contributed by atoms with van der Waals surface area (Å²) in [6.45, 7) is 0. The third-order valence-electron chi connectivity index (χ3n) is 5.16. The van der Waals surface area contributed by atoms with Gasteiger partial charge in [-0.05, 0) is 12.1 Å². The first-order valence-corrected chi connectivity index (χ1v) is 9.47. The van der Waals surface area contributed by atoms with Crippen LogP contribution in [0.25, 0.3) is 0 Å². The molecule has 0 spiro atoms. The van der Waals surface area contributed by atoms with Gasteiger partial charge >= 0.3 is 5.97 Å². The molecule has 3 aromatic rings. The maximum Gasteiger partial charge on any atom is 0.342 e. The van der Waals surface area contributed by atoms with Crippen LogP contribution in [0, 0.1) is 0 Å². The van der Waals surface area contributed by atoms with Gasteiger partial charge in [-0.2, -0.15) is 0 Å². The van der Waals surface area contributed by atoms with E-state index in [1.54, 1.807) is 0 Å². The molecule has 0 fully saturated rings. The van der Waals surface area contributed by atoms with Gasteiger partial charge < -0.3 is 50.3 Å². The van der Waals surface area contributed by atoms with E-state index in [0.29, 0.717) is 0 Å². The molecule has 1 heterocycles. The SMILES string of the molecule is O=C(OC1Cc2c(O)cc(O)cc2O[C@@H]1c1cc(O)c(O)c(O)c1)c1cc(O)c(O)cc1O. The van der Waals surface area contributed by atoms with E-state index >= 15 is 0 Å². The average Bonchev–Trinajstić information content (AvgIpc) is 2.74. The number of phenols is 8. The monoisotopic (exact) mass is 458 g/mol. The van der Waals surface area contributed by atoms with Gasteiger partial charge in [-0.1, -0.05) is 0 Å². The number of hydrogen-bond donors (Lipinski definition) is 8. The summed E-state index contributed by atoms with van der Waals surface area (Å²) in [7, 11) is 0. The molecule has 1 unspecified atom stereocenters. The molecule has 1 aliphatic rings. The summed E-state index contributed by atoms with van der Waals surface area (Å²) in [6, 6.07) is 5.96. The topological polar surface area (TPSA) is 197 Å². The van der Waals surface area contributed by atoms with Gasteiger partial charge in [0.1, 0.15) is 34.7 Å². The third-order valence-corrected chi connectivity index (χ3v) is 5.16. The molecule has 0 aliphatic carbocycles. The van der Waals surface area contributed by atoms with Gasteiger partial charge in [-0.3, -0.25) is 0 Å². The molecule has 8 N–H and O–H groups in total. The highest BCUT2D eigenvalue weighted by Crippen LogP contribution is 2.46. The van der Waals surface area contributed by atoms with Crippen LogP contribution in [-0.4, -0.2) is 52.9 Å². The summed E-state index contributed by atoms with van der Waals surface area (Å²) in [4.78, 5) is 12.7. The van der Waals surface area contributed by atoms with E-state index < -0.39 is 58.2 Å². The van der Waals surface area contributed by atoms with E-state index in [1.807, 2.05) is 0 Å². The van der Waals surface area contributed by atoms with Crippen LogP contribution in [0.3, 0.4) is 0 Å². The minimum absolute atomic E-state index is 0.0435. The first-order chi connectivity index (χ1) is 15.5. The number of benzene rings is 3. The fourth-order valence-electron chi connectivity index (χ4n) is 3.55. The standard InChI is InChI=1S/C22H18O11/c23-9-3-12(24)10-6-19(33-22(31)11-5-14(26)15(27)7-13(11)25)21(32-18(10)4-9)8-1-16(28)20(30)17(29)2-8/h1-5,7,19,21,23-30H,6H2/t19?,21-/m1/s1. The highest BCUT2D eigenvalue weighted by Gasteiger charge is 2.37. The van der Waals surface area contributed by atoms with Crippen molar-refractivity contribution in [2.75, 3.05) is 0 Å². The van der Waals surface area contributed by atoms with Crippen LogP contribution in [0.2, 0.25) is 0 Å². The number of phenolic OH excluding ortho intramolecular Hbond substituents is 8. The maximum absolute atomic E-state index is 12.7. The van der Waals surface area contributed by atoms with Crippen molar-refractivity contribution in [1.29, 1.82) is 0 Å². The van der Waals surface area contributed by atoms with Crippen molar-refractivity contribution in [2.45, 2.75) is 18.6 Å². The molecule has 11 heteroatoms. The summed E-state index contributed by atoms with van der Waals surface area (Å²) < 4.78 is 11.3. The molecule has 0 amide bonds. The molecule has 172 valence electrons. The Morgan fingerprint density at radius 2 is 1.39 bits per heavy atom. The molecule has 4 rings (SSSR count). The number of hydrogen-bond acceptors (Lipinski definition) is 11. The Morgan fingerprint density at radius 1 is 0.758 bits per heavy atom. The number of fused-ring (bicyclic) bond motifs is 1. The van der Waals surface area contributed by atoms with Crippen LogP contribution in [-0.2, 0) is 11.2 Å². The smallest absolute Gasteiger partial charge is 0.342 e. The lowest BCUT2D eigenvalue weighted by Crippen LogP contribution is -2.34. The van der Waals surface area contributed by atoms with E-state index in [0.717, 1.165) is 30.3 Å². The lowest BCUT2D eigenvalue weighted by Gasteiger charge is -2.34. The first-order valence-electron chi connectivity index (χ1n) is 9.47. The van der Waals surface area contributed by atoms with E-state index in [9.17, 15) is 45.6 Å². The van der Waals surface area contributed by atoms with Gasteiger partial charge in [0.25, 0.3) is 0 Å². The second-order valence-electron chi connectivity index (χ2n) is 7.39. The minimum atomic E-state index is -1.21. The van der Waals surface area contributed by atoms with E-state index in [2.05, 4.69) is 0 Å². The second-order valence-corrected chi connectivity index (χ2v) is 7.39. The van der Waals surface area contributed by atoms with Gasteiger partial charge in [0.15, 0.2) is 34.9 Å². The zero-order valence-corrected chi connectivity index (χ0v) is 16.6. The number of esters is 1. The number of carbonyl (C=O) groups excluding carboxylic acids is 1. The Kier molecular flexibility index (Phi) is 5.09. The molecule has 33 heavy (non-hydrogen) atoms. The third kappa shape index (κ3) is 3.87. The lowest BCUT2D eigenvalue weighted by atomic mass is 9.93. The molecule has 11 nitrogen and oxygen atoms in total. The largest absolute Gasteiger partial charge is 0.508 e. The number of rotatable bonds is 3. The molecule has 3 aromatic carbocycles. The highest BCUT2D eigenvalue weighted by atomic mass is 16.6. The molecule has 0 bridgehead atoms. The van der Waals surface area contributed by atoms with Crippen molar-refractivity contribution in [3.63, 3.8) is 0 Å². The van der Waals surface area contributed by atoms with Crippen LogP contribution in [0.5, 0.6) is 51.7 Å². The molecule has 0 aromatic heterocycles. The summed E-state index contributed by atoms with van der Waals surface area (Å²) in [5, 5.41) is 78.5. The zero-order valence-electron chi connectivity index (χ0n) is 16.6. The lowest BCUT2D eigenvalue weighted by molar-refractivity contribution is -0.0191.